The predicted molar refractivity (Wildman–Crippen MR) is 122 cm³/mol. The number of anilines is 1. The molecule has 6 rings (SSSR count). The van der Waals surface area contributed by atoms with Crippen molar-refractivity contribution in [1.82, 2.24) is 24.1 Å². The quantitative estimate of drug-likeness (QED) is 0.447. The molecule has 5 aromatic rings. The number of imidazole rings is 1. The van der Waals surface area contributed by atoms with E-state index in [1.165, 1.54) is 23.0 Å². The van der Waals surface area contributed by atoms with Crippen molar-refractivity contribution in [3.05, 3.63) is 84.7 Å². The Morgan fingerprint density at radius 1 is 1.00 bits per heavy atom. The van der Waals surface area contributed by atoms with E-state index in [9.17, 15) is 4.39 Å². The molecule has 3 aromatic heterocycles. The van der Waals surface area contributed by atoms with Crippen molar-refractivity contribution in [2.75, 3.05) is 5.73 Å². The SMILES string of the molecule is Nc1nccc(-c2c(-c3ccc(F)cc3)nc3n2[C@H](Cn2ccc4ccccc42)CC3)n1. The van der Waals surface area contributed by atoms with E-state index < -0.39 is 0 Å². The Hall–Kier alpha value is -4.00. The van der Waals surface area contributed by atoms with E-state index >= 15 is 0 Å². The average molecular weight is 424 g/mol. The summed E-state index contributed by atoms with van der Waals surface area (Å²) in [6.07, 6.45) is 5.67. The summed E-state index contributed by atoms with van der Waals surface area (Å²) in [6.45, 7) is 0.827. The summed E-state index contributed by atoms with van der Waals surface area (Å²) in [5.41, 5.74) is 10.4. The van der Waals surface area contributed by atoms with E-state index in [0.717, 1.165) is 47.9 Å². The van der Waals surface area contributed by atoms with E-state index in [2.05, 4.69) is 55.6 Å². The molecule has 0 aliphatic carbocycles. The summed E-state index contributed by atoms with van der Waals surface area (Å²) in [4.78, 5) is 13.5. The maximum atomic E-state index is 13.6. The minimum Gasteiger partial charge on any atom is -0.368 e. The highest BCUT2D eigenvalue weighted by Crippen LogP contribution is 2.40. The normalized spacial score (nSPS) is 15.3. The van der Waals surface area contributed by atoms with Gasteiger partial charge >= 0.3 is 0 Å². The average Bonchev–Trinajstić information content (AvgIpc) is 3.49. The van der Waals surface area contributed by atoms with Crippen LogP contribution in [0.4, 0.5) is 10.3 Å². The smallest absolute Gasteiger partial charge is 0.220 e. The number of aryl methyl sites for hydroxylation is 1. The van der Waals surface area contributed by atoms with Crippen molar-refractivity contribution in [3.8, 4) is 22.6 Å². The van der Waals surface area contributed by atoms with Gasteiger partial charge in [0.2, 0.25) is 5.95 Å². The zero-order valence-electron chi connectivity index (χ0n) is 17.3. The van der Waals surface area contributed by atoms with Crippen molar-refractivity contribution >= 4 is 16.9 Å². The Bertz CT molecular complexity index is 1430. The molecule has 7 heteroatoms. The summed E-state index contributed by atoms with van der Waals surface area (Å²) in [5, 5.41) is 1.23. The summed E-state index contributed by atoms with van der Waals surface area (Å²) in [5.74, 6) is 0.956. The number of aromatic nitrogens is 5. The van der Waals surface area contributed by atoms with Crippen LogP contribution in [0.1, 0.15) is 18.3 Å². The zero-order valence-corrected chi connectivity index (χ0v) is 17.3. The van der Waals surface area contributed by atoms with Crippen LogP contribution in [-0.2, 0) is 13.0 Å². The van der Waals surface area contributed by atoms with E-state index in [1.807, 2.05) is 6.07 Å². The number of para-hydroxylation sites is 1. The fraction of sp³-hybridized carbons (Fsp3) is 0.160. The number of halogens is 1. The fourth-order valence-electron chi connectivity index (χ4n) is 4.73. The van der Waals surface area contributed by atoms with E-state index in [4.69, 9.17) is 10.7 Å². The predicted octanol–water partition coefficient (Wildman–Crippen LogP) is 4.87. The van der Waals surface area contributed by atoms with Crippen LogP contribution in [0.25, 0.3) is 33.5 Å². The van der Waals surface area contributed by atoms with Gasteiger partial charge in [0.25, 0.3) is 0 Å². The van der Waals surface area contributed by atoms with E-state index in [-0.39, 0.29) is 17.8 Å². The highest BCUT2D eigenvalue weighted by molar-refractivity contribution is 5.80. The second-order valence-corrected chi connectivity index (χ2v) is 8.12. The van der Waals surface area contributed by atoms with Crippen molar-refractivity contribution in [3.63, 3.8) is 0 Å². The molecule has 0 bridgehead atoms. The van der Waals surface area contributed by atoms with Gasteiger partial charge in [-0.15, -0.1) is 0 Å². The Morgan fingerprint density at radius 3 is 2.69 bits per heavy atom. The van der Waals surface area contributed by atoms with Gasteiger partial charge in [-0.2, -0.15) is 0 Å². The summed E-state index contributed by atoms with van der Waals surface area (Å²) in [6, 6.07) is 19.1. The molecular weight excluding hydrogens is 403 g/mol. The number of benzene rings is 2. The molecule has 4 heterocycles. The lowest BCUT2D eigenvalue weighted by Crippen LogP contribution is -2.13. The van der Waals surface area contributed by atoms with Crippen LogP contribution in [-0.4, -0.2) is 24.1 Å². The number of nitrogen functional groups attached to an aromatic ring is 1. The van der Waals surface area contributed by atoms with Gasteiger partial charge in [0, 0.05) is 36.4 Å². The number of fused-ring (bicyclic) bond motifs is 2. The number of hydrogen-bond acceptors (Lipinski definition) is 4. The largest absolute Gasteiger partial charge is 0.368 e. The first-order valence-electron chi connectivity index (χ1n) is 10.7. The van der Waals surface area contributed by atoms with Gasteiger partial charge in [-0.25, -0.2) is 19.3 Å². The van der Waals surface area contributed by atoms with Gasteiger partial charge in [0.05, 0.1) is 23.1 Å². The number of nitrogens with zero attached hydrogens (tertiary/aromatic N) is 5. The zero-order chi connectivity index (χ0) is 21.7. The first-order valence-corrected chi connectivity index (χ1v) is 10.7. The minimum atomic E-state index is -0.273. The molecule has 0 saturated heterocycles. The van der Waals surface area contributed by atoms with Crippen LogP contribution in [0.2, 0.25) is 0 Å². The van der Waals surface area contributed by atoms with Crippen molar-refractivity contribution in [2.45, 2.75) is 25.4 Å². The lowest BCUT2D eigenvalue weighted by atomic mass is 10.1. The standard InChI is InChI=1S/C25H21FN6/c26-18-7-5-17(6-8-18)23-24(20-11-13-28-25(27)29-20)32-19(9-10-22(32)30-23)15-31-14-12-16-3-1-2-4-21(16)31/h1-8,11-14,19H,9-10,15H2,(H2,27,28,29)/t19-/m0/s1. The first-order chi connectivity index (χ1) is 15.7. The van der Waals surface area contributed by atoms with Crippen LogP contribution in [0.5, 0.6) is 0 Å². The molecule has 0 saturated carbocycles. The summed E-state index contributed by atoms with van der Waals surface area (Å²) >= 11 is 0. The molecule has 1 atom stereocenters. The van der Waals surface area contributed by atoms with Crippen LogP contribution in [0.3, 0.4) is 0 Å². The van der Waals surface area contributed by atoms with Gasteiger partial charge in [0.1, 0.15) is 11.6 Å². The highest BCUT2D eigenvalue weighted by Gasteiger charge is 2.31. The Balaban J connectivity index is 1.50. The second kappa shape index (κ2) is 7.30. The van der Waals surface area contributed by atoms with Gasteiger partial charge in [-0.05, 0) is 54.3 Å². The summed E-state index contributed by atoms with van der Waals surface area (Å²) in [7, 11) is 0. The molecule has 0 unspecified atom stereocenters. The summed E-state index contributed by atoms with van der Waals surface area (Å²) < 4.78 is 18.2. The second-order valence-electron chi connectivity index (χ2n) is 8.12. The van der Waals surface area contributed by atoms with Crippen LogP contribution < -0.4 is 5.73 Å². The third kappa shape index (κ3) is 3.05. The number of nitrogens with two attached hydrogens (primary N) is 1. The Kier molecular flexibility index (Phi) is 4.28. The maximum Gasteiger partial charge on any atom is 0.220 e. The lowest BCUT2D eigenvalue weighted by Gasteiger charge is -2.19. The molecule has 0 spiro atoms. The molecule has 2 aromatic carbocycles. The van der Waals surface area contributed by atoms with Crippen LogP contribution in [0.15, 0.2) is 73.1 Å². The number of rotatable bonds is 4. The Labute approximate surface area is 184 Å². The molecule has 1 aliphatic heterocycles. The highest BCUT2D eigenvalue weighted by atomic mass is 19.1. The topological polar surface area (TPSA) is 74.5 Å². The van der Waals surface area contributed by atoms with Crippen molar-refractivity contribution < 1.29 is 4.39 Å². The maximum absolute atomic E-state index is 13.6. The van der Waals surface area contributed by atoms with Gasteiger partial charge in [0.15, 0.2) is 0 Å². The van der Waals surface area contributed by atoms with Gasteiger partial charge < -0.3 is 14.9 Å². The minimum absolute atomic E-state index is 0.216. The molecular formula is C25H21FN6. The first kappa shape index (κ1) is 18.7. The van der Waals surface area contributed by atoms with E-state index in [0.29, 0.717) is 0 Å². The number of hydrogen-bond donors (Lipinski definition) is 1. The Morgan fingerprint density at radius 2 is 1.84 bits per heavy atom. The van der Waals surface area contributed by atoms with Crippen LogP contribution >= 0.6 is 0 Å². The monoisotopic (exact) mass is 424 g/mol. The van der Waals surface area contributed by atoms with Gasteiger partial charge in [-0.3, -0.25) is 0 Å². The van der Waals surface area contributed by atoms with Gasteiger partial charge in [-0.1, -0.05) is 18.2 Å². The molecule has 0 amide bonds. The third-order valence-corrected chi connectivity index (χ3v) is 6.17. The molecule has 2 N–H and O–H groups in total. The molecule has 32 heavy (non-hydrogen) atoms. The molecule has 1 aliphatic rings. The molecule has 0 fully saturated rings. The van der Waals surface area contributed by atoms with E-state index in [1.54, 1.807) is 18.3 Å². The van der Waals surface area contributed by atoms with Crippen molar-refractivity contribution in [1.29, 1.82) is 0 Å². The fourth-order valence-corrected chi connectivity index (χ4v) is 4.73. The van der Waals surface area contributed by atoms with Crippen LogP contribution in [0, 0.1) is 5.82 Å². The molecule has 158 valence electrons. The molecule has 0 radical (unpaired) electrons. The lowest BCUT2D eigenvalue weighted by molar-refractivity contribution is 0.459. The van der Waals surface area contributed by atoms with Crippen molar-refractivity contribution in [2.24, 2.45) is 0 Å². The third-order valence-electron chi connectivity index (χ3n) is 6.17. The molecule has 6 nitrogen and oxygen atoms in total.